The van der Waals surface area contributed by atoms with Crippen LogP contribution < -0.4 is 0 Å². The van der Waals surface area contributed by atoms with E-state index in [9.17, 15) is 18.3 Å². The van der Waals surface area contributed by atoms with Gasteiger partial charge in [-0.2, -0.15) is 18.3 Å². The maximum absolute atomic E-state index is 12.1. The van der Waals surface area contributed by atoms with E-state index in [-0.39, 0.29) is 19.3 Å². The van der Waals surface area contributed by atoms with Crippen molar-refractivity contribution in [2.45, 2.75) is 51.3 Å². The number of alkyl halides is 3. The highest BCUT2D eigenvalue weighted by molar-refractivity contribution is 6.30. The first-order chi connectivity index (χ1) is 8.52. The largest absolute Gasteiger partial charge is 0.390 e. The van der Waals surface area contributed by atoms with Crippen molar-refractivity contribution in [3.8, 4) is 0 Å². The lowest BCUT2D eigenvalue weighted by molar-refractivity contribution is -0.137. The van der Waals surface area contributed by atoms with E-state index in [1.165, 1.54) is 11.6 Å². The van der Waals surface area contributed by atoms with Crippen LogP contribution in [0.1, 0.15) is 37.4 Å². The molecule has 0 radical (unpaired) electrons. The fourth-order valence-corrected chi connectivity index (χ4v) is 2.25. The summed E-state index contributed by atoms with van der Waals surface area (Å²) >= 11 is 6.04. The molecule has 1 heterocycles. The standard InChI is InChI=1S/C12H18ClF3N2O/c1-8-9(10(13)18(3)17-8)7-11(2,19)5-4-6-12(14,15)16/h19H,4-7H2,1-3H3. The van der Waals surface area contributed by atoms with Gasteiger partial charge in [0.2, 0.25) is 0 Å². The van der Waals surface area contributed by atoms with Crippen molar-refractivity contribution in [3.05, 3.63) is 16.4 Å². The van der Waals surface area contributed by atoms with Crippen LogP contribution in [0.25, 0.3) is 0 Å². The minimum atomic E-state index is -4.18. The predicted molar refractivity (Wildman–Crippen MR) is 67.2 cm³/mol. The number of rotatable bonds is 5. The minimum absolute atomic E-state index is 0.0666. The monoisotopic (exact) mass is 298 g/mol. The molecular weight excluding hydrogens is 281 g/mol. The Labute approximate surface area is 115 Å². The van der Waals surface area contributed by atoms with Gasteiger partial charge in [0.25, 0.3) is 0 Å². The summed E-state index contributed by atoms with van der Waals surface area (Å²) in [5.41, 5.74) is 0.146. The molecule has 3 nitrogen and oxygen atoms in total. The zero-order valence-corrected chi connectivity index (χ0v) is 11.9. The Kier molecular flexibility index (Phi) is 4.90. The summed E-state index contributed by atoms with van der Waals surface area (Å²) in [6, 6.07) is 0. The molecule has 0 aromatic carbocycles. The third-order valence-corrected chi connectivity index (χ3v) is 3.48. The molecular formula is C12H18ClF3N2O. The Morgan fingerprint density at radius 3 is 2.32 bits per heavy atom. The van der Waals surface area contributed by atoms with Gasteiger partial charge >= 0.3 is 6.18 Å². The lowest BCUT2D eigenvalue weighted by Crippen LogP contribution is -2.28. The molecule has 0 aliphatic heterocycles. The van der Waals surface area contributed by atoms with Crippen molar-refractivity contribution in [1.82, 2.24) is 9.78 Å². The Balaban J connectivity index is 2.64. The molecule has 0 aliphatic rings. The third kappa shape index (κ3) is 5.03. The molecule has 0 fully saturated rings. The molecule has 1 aromatic rings. The second-order valence-electron chi connectivity index (χ2n) is 5.12. The van der Waals surface area contributed by atoms with Crippen LogP contribution in [0.15, 0.2) is 0 Å². The van der Waals surface area contributed by atoms with Gasteiger partial charge in [0, 0.05) is 25.5 Å². The van der Waals surface area contributed by atoms with Crippen molar-refractivity contribution in [2.24, 2.45) is 7.05 Å². The maximum atomic E-state index is 12.1. The highest BCUT2D eigenvalue weighted by Gasteiger charge is 2.30. The number of aliphatic hydroxyl groups is 1. The second kappa shape index (κ2) is 5.71. The summed E-state index contributed by atoms with van der Waals surface area (Å²) in [6.45, 7) is 3.28. The van der Waals surface area contributed by atoms with Gasteiger partial charge in [0.05, 0.1) is 11.3 Å². The van der Waals surface area contributed by atoms with Crippen LogP contribution in [0, 0.1) is 6.92 Å². The number of nitrogens with zero attached hydrogens (tertiary/aromatic N) is 2. The summed E-state index contributed by atoms with van der Waals surface area (Å²) in [6.07, 6.45) is -4.91. The molecule has 19 heavy (non-hydrogen) atoms. The maximum Gasteiger partial charge on any atom is 0.389 e. The molecule has 0 bridgehead atoms. The Bertz CT molecular complexity index is 441. The number of aromatic nitrogens is 2. The van der Waals surface area contributed by atoms with Gasteiger partial charge in [-0.3, -0.25) is 4.68 Å². The van der Waals surface area contributed by atoms with Gasteiger partial charge in [-0.1, -0.05) is 11.6 Å². The van der Waals surface area contributed by atoms with E-state index in [1.54, 1.807) is 14.0 Å². The normalized spacial score (nSPS) is 15.6. The summed E-state index contributed by atoms with van der Waals surface area (Å²) in [5.74, 6) is 0. The summed E-state index contributed by atoms with van der Waals surface area (Å²) in [7, 11) is 1.68. The van der Waals surface area contributed by atoms with Gasteiger partial charge in [0.1, 0.15) is 5.15 Å². The predicted octanol–water partition coefficient (Wildman–Crippen LogP) is 3.41. The van der Waals surface area contributed by atoms with Crippen LogP contribution in [-0.2, 0) is 13.5 Å². The molecule has 1 atom stereocenters. The van der Waals surface area contributed by atoms with Crippen LogP contribution in [0.2, 0.25) is 5.15 Å². The number of hydrogen-bond acceptors (Lipinski definition) is 2. The topological polar surface area (TPSA) is 38.0 Å². The van der Waals surface area contributed by atoms with Gasteiger partial charge in [-0.25, -0.2) is 0 Å². The molecule has 0 aliphatic carbocycles. The molecule has 0 saturated carbocycles. The van der Waals surface area contributed by atoms with Crippen LogP contribution in [0.5, 0.6) is 0 Å². The van der Waals surface area contributed by atoms with E-state index >= 15 is 0 Å². The molecule has 0 spiro atoms. The average molecular weight is 299 g/mol. The quantitative estimate of drug-likeness (QED) is 0.904. The van der Waals surface area contributed by atoms with E-state index in [2.05, 4.69) is 5.10 Å². The van der Waals surface area contributed by atoms with Gasteiger partial charge < -0.3 is 5.11 Å². The van der Waals surface area contributed by atoms with E-state index in [0.29, 0.717) is 16.4 Å². The zero-order valence-electron chi connectivity index (χ0n) is 11.2. The lowest BCUT2D eigenvalue weighted by atomic mass is 9.91. The second-order valence-corrected chi connectivity index (χ2v) is 5.48. The molecule has 1 rings (SSSR count). The van der Waals surface area contributed by atoms with Crippen molar-refractivity contribution >= 4 is 11.6 Å². The summed E-state index contributed by atoms with van der Waals surface area (Å²) in [5, 5.41) is 14.7. The molecule has 1 aromatic heterocycles. The zero-order chi connectivity index (χ0) is 14.8. The third-order valence-electron chi connectivity index (χ3n) is 3.00. The van der Waals surface area contributed by atoms with Crippen molar-refractivity contribution < 1.29 is 18.3 Å². The molecule has 1 unspecified atom stereocenters. The van der Waals surface area contributed by atoms with Crippen LogP contribution in [-0.4, -0.2) is 26.7 Å². The summed E-state index contributed by atoms with van der Waals surface area (Å²) < 4.78 is 37.7. The fraction of sp³-hybridized carbons (Fsp3) is 0.750. The van der Waals surface area contributed by atoms with Crippen molar-refractivity contribution in [1.29, 1.82) is 0 Å². The molecule has 1 N–H and O–H groups in total. The van der Waals surface area contributed by atoms with E-state index in [0.717, 1.165) is 0 Å². The Morgan fingerprint density at radius 2 is 1.89 bits per heavy atom. The van der Waals surface area contributed by atoms with Gasteiger partial charge in [-0.15, -0.1) is 0 Å². The average Bonchev–Trinajstić information content (AvgIpc) is 2.42. The number of aryl methyl sites for hydroxylation is 2. The van der Waals surface area contributed by atoms with Crippen molar-refractivity contribution in [3.63, 3.8) is 0 Å². The van der Waals surface area contributed by atoms with Crippen LogP contribution in [0.4, 0.5) is 13.2 Å². The first-order valence-electron chi connectivity index (χ1n) is 5.99. The van der Waals surface area contributed by atoms with Crippen LogP contribution in [0.3, 0.4) is 0 Å². The van der Waals surface area contributed by atoms with E-state index in [4.69, 9.17) is 11.6 Å². The molecule has 7 heteroatoms. The minimum Gasteiger partial charge on any atom is -0.390 e. The first kappa shape index (κ1) is 16.3. The fourth-order valence-electron chi connectivity index (χ4n) is 2.01. The Hall–Kier alpha value is -0.750. The smallest absolute Gasteiger partial charge is 0.389 e. The van der Waals surface area contributed by atoms with Gasteiger partial charge in [0.15, 0.2) is 0 Å². The highest BCUT2D eigenvalue weighted by Crippen LogP contribution is 2.29. The molecule has 110 valence electrons. The van der Waals surface area contributed by atoms with Gasteiger partial charge in [-0.05, 0) is 26.7 Å². The SMILES string of the molecule is Cc1nn(C)c(Cl)c1CC(C)(O)CCCC(F)(F)F. The van der Waals surface area contributed by atoms with E-state index < -0.39 is 18.2 Å². The van der Waals surface area contributed by atoms with Crippen LogP contribution >= 0.6 is 11.6 Å². The lowest BCUT2D eigenvalue weighted by Gasteiger charge is -2.23. The number of halogens is 4. The van der Waals surface area contributed by atoms with E-state index in [1.807, 2.05) is 0 Å². The Morgan fingerprint density at radius 1 is 1.32 bits per heavy atom. The first-order valence-corrected chi connectivity index (χ1v) is 6.37. The van der Waals surface area contributed by atoms with Crippen molar-refractivity contribution in [2.75, 3.05) is 0 Å². The number of hydrogen-bond donors (Lipinski definition) is 1. The molecule has 0 amide bonds. The molecule has 0 saturated heterocycles. The summed E-state index contributed by atoms with van der Waals surface area (Å²) in [4.78, 5) is 0. The highest BCUT2D eigenvalue weighted by atomic mass is 35.5.